The minimum absolute atomic E-state index is 0.585. The highest BCUT2D eigenvalue weighted by Gasteiger charge is 2.20. The summed E-state index contributed by atoms with van der Waals surface area (Å²) in [7, 11) is 0. The average Bonchev–Trinajstić information content (AvgIpc) is 3.67. The molecule has 0 saturated carbocycles. The molecular weight excluding hydrogens is 593 g/mol. The van der Waals surface area contributed by atoms with Gasteiger partial charge in [-0.1, -0.05) is 151 Å². The Morgan fingerprint density at radius 2 is 0.898 bits per heavy atom. The highest BCUT2D eigenvalue weighted by Crippen LogP contribution is 2.47. The van der Waals surface area contributed by atoms with E-state index in [1.807, 2.05) is 0 Å². The van der Waals surface area contributed by atoms with Gasteiger partial charge in [0.25, 0.3) is 0 Å². The lowest BCUT2D eigenvalue weighted by Crippen LogP contribution is -1.91. The third-order valence-corrected chi connectivity index (χ3v) is 7.82. The predicted molar refractivity (Wildman–Crippen MR) is 208 cm³/mol. The van der Waals surface area contributed by atoms with E-state index >= 15 is 0 Å². The first-order valence-corrected chi connectivity index (χ1v) is 14.4. The molecule has 1 nitrogen and oxygen atoms in total. The number of fused-ring (bicyclic) bond motifs is 6. The van der Waals surface area contributed by atoms with E-state index in [1.165, 1.54) is 0 Å². The molecule has 0 saturated heterocycles. The fourth-order valence-electron chi connectivity index (χ4n) is 5.76. The van der Waals surface area contributed by atoms with Crippen molar-refractivity contribution >= 4 is 54.3 Å². The smallest absolute Gasteiger partial charge is 0.136 e. The maximum absolute atomic E-state index is 9.83. The van der Waals surface area contributed by atoms with Crippen LogP contribution in [-0.2, 0) is 0 Å². The minimum atomic E-state index is -1.11. The lowest BCUT2D eigenvalue weighted by Gasteiger charge is -2.18. The van der Waals surface area contributed by atoms with Gasteiger partial charge in [-0.15, -0.1) is 0 Å². The standard InChI is InChI=1S/C48H30O/c1-2-12-31(13-3-1)36-26-27-42-45(30-36)49-44-23-11-22-43(48(42)44)47-40-20-8-6-18-38(40)46(39-19-7-9-21-41(39)47)37-17-10-16-34(29-37)35-25-24-32-14-4-5-15-33(32)28-35/h1-30H/i1D,2D,3D,4D,5D,6D,7D,8D,9D,10D,11D,12D,13D,14D,15D,16D,17D,18D,19D,20D,21D,22D,23D,24D,25D,26D,27D,28D,29D,30D. The summed E-state index contributed by atoms with van der Waals surface area (Å²) in [4.78, 5) is 0. The fraction of sp³-hybridized carbons (Fsp3) is 0. The van der Waals surface area contributed by atoms with Crippen molar-refractivity contribution in [1.29, 1.82) is 0 Å². The van der Waals surface area contributed by atoms with Gasteiger partial charge in [-0.2, -0.15) is 0 Å². The molecule has 0 atom stereocenters. The number of hydrogen-bond donors (Lipinski definition) is 0. The Balaban J connectivity index is 1.48. The monoisotopic (exact) mass is 652 g/mol. The van der Waals surface area contributed by atoms with Gasteiger partial charge in [0.05, 0.1) is 41.1 Å². The van der Waals surface area contributed by atoms with E-state index in [0.29, 0.717) is 0 Å². The van der Waals surface area contributed by atoms with Crippen molar-refractivity contribution in [3.05, 3.63) is 181 Å². The molecule has 0 aliphatic heterocycles. The lowest BCUT2D eigenvalue weighted by atomic mass is 9.84. The molecule has 0 spiro atoms. The topological polar surface area (TPSA) is 13.1 Å². The summed E-state index contributed by atoms with van der Waals surface area (Å²) < 4.78 is 276. The normalized spacial score (nSPS) is 20.2. The van der Waals surface area contributed by atoms with Gasteiger partial charge in [-0.05, 0) is 107 Å². The molecule has 0 aliphatic carbocycles. The zero-order chi connectivity index (χ0) is 58.4. The first-order valence-electron chi connectivity index (χ1n) is 29.4. The number of rotatable bonds is 4. The van der Waals surface area contributed by atoms with E-state index in [2.05, 4.69) is 0 Å². The van der Waals surface area contributed by atoms with E-state index in [1.54, 1.807) is 0 Å². The van der Waals surface area contributed by atoms with E-state index in [0.717, 1.165) is 0 Å². The first kappa shape index (κ1) is 11.1. The van der Waals surface area contributed by atoms with Crippen molar-refractivity contribution in [2.45, 2.75) is 0 Å². The highest BCUT2D eigenvalue weighted by molar-refractivity contribution is 6.25. The molecule has 0 radical (unpaired) electrons. The van der Waals surface area contributed by atoms with Gasteiger partial charge in [0.1, 0.15) is 11.2 Å². The Morgan fingerprint density at radius 3 is 1.67 bits per heavy atom. The van der Waals surface area contributed by atoms with Gasteiger partial charge in [-0.3, -0.25) is 0 Å². The van der Waals surface area contributed by atoms with Crippen LogP contribution in [-0.4, -0.2) is 0 Å². The molecule has 1 aromatic heterocycles. The quantitative estimate of drug-likeness (QED) is 0.172. The van der Waals surface area contributed by atoms with Crippen LogP contribution in [0.5, 0.6) is 0 Å². The number of hydrogen-bond acceptors (Lipinski definition) is 1. The lowest BCUT2D eigenvalue weighted by molar-refractivity contribution is 0.669. The second-order valence-corrected chi connectivity index (χ2v) is 10.5. The zero-order valence-electron chi connectivity index (χ0n) is 54.4. The molecule has 1 heteroatoms. The highest BCUT2D eigenvalue weighted by atomic mass is 16.3. The van der Waals surface area contributed by atoms with Crippen LogP contribution in [0.25, 0.3) is 98.8 Å². The summed E-state index contributed by atoms with van der Waals surface area (Å²) in [5, 5.41) is -5.66. The summed E-state index contributed by atoms with van der Waals surface area (Å²) >= 11 is 0. The van der Waals surface area contributed by atoms with E-state index < -0.39 is 280 Å². The average molecular weight is 653 g/mol. The largest absolute Gasteiger partial charge is 0.456 e. The van der Waals surface area contributed by atoms with Crippen LogP contribution in [0.1, 0.15) is 41.1 Å². The Morgan fingerprint density at radius 1 is 0.327 bits per heavy atom. The van der Waals surface area contributed by atoms with Gasteiger partial charge in [0, 0.05) is 10.8 Å². The minimum Gasteiger partial charge on any atom is -0.456 e. The van der Waals surface area contributed by atoms with Gasteiger partial charge >= 0.3 is 0 Å². The molecule has 0 aliphatic rings. The van der Waals surface area contributed by atoms with E-state index in [4.69, 9.17) is 30.5 Å². The van der Waals surface area contributed by atoms with Gasteiger partial charge in [0.15, 0.2) is 0 Å². The molecule has 1 heterocycles. The predicted octanol–water partition coefficient (Wildman–Crippen LogP) is 13.7. The van der Waals surface area contributed by atoms with Crippen LogP contribution >= 0.6 is 0 Å². The molecule has 10 rings (SSSR count). The van der Waals surface area contributed by atoms with Crippen molar-refractivity contribution < 1.29 is 45.5 Å². The maximum atomic E-state index is 9.83. The number of benzene rings is 9. The molecule has 0 N–H and O–H groups in total. The van der Waals surface area contributed by atoms with Crippen molar-refractivity contribution in [1.82, 2.24) is 0 Å². The summed E-state index contributed by atoms with van der Waals surface area (Å²) in [6, 6.07) is -29.0. The van der Waals surface area contributed by atoms with E-state index in [-0.39, 0.29) is 0 Å². The molecule has 0 fully saturated rings. The second-order valence-electron chi connectivity index (χ2n) is 10.5. The van der Waals surface area contributed by atoms with Crippen molar-refractivity contribution in [2.75, 3.05) is 0 Å². The Bertz CT molecular complexity index is 4490. The first-order chi connectivity index (χ1) is 36.8. The fourth-order valence-corrected chi connectivity index (χ4v) is 5.76. The molecule has 0 unspecified atom stereocenters. The maximum Gasteiger partial charge on any atom is 0.136 e. The van der Waals surface area contributed by atoms with Crippen LogP contribution < -0.4 is 0 Å². The van der Waals surface area contributed by atoms with Crippen LogP contribution in [0.4, 0.5) is 0 Å². The molecule has 10 aromatic rings. The summed E-state index contributed by atoms with van der Waals surface area (Å²) in [6.45, 7) is 0. The third-order valence-electron chi connectivity index (χ3n) is 7.82. The third kappa shape index (κ3) is 4.47. The zero-order valence-corrected chi connectivity index (χ0v) is 24.4. The molecule has 228 valence electrons. The Kier molecular flexibility index (Phi) is 2.50. The van der Waals surface area contributed by atoms with Gasteiger partial charge in [0.2, 0.25) is 0 Å². The van der Waals surface area contributed by atoms with Crippen LogP contribution in [0, 0.1) is 0 Å². The molecule has 9 aromatic carbocycles. The van der Waals surface area contributed by atoms with Crippen LogP contribution in [0.15, 0.2) is 186 Å². The SMILES string of the molecule is [2H]c1c([2H])c([2H])c(-c2c([2H])c([2H])c3c(oc4c([2H])c([2H])c([2H])c(-c5c6c([2H])c([2H])c([2H])c([2H])c6c(-c6c([2H])c([2H])c([2H])c(-c7c([2H])c([2H])c8c([2H])c([2H])c([2H])c([2H])c8c7[2H])c6[2H])c6c([2H])c([2H])c([2H])c([2H])c56)c43)c2[2H])c([2H])c1[2H]. The summed E-state index contributed by atoms with van der Waals surface area (Å²) in [6.07, 6.45) is 0. The Labute approximate surface area is 326 Å². The molecule has 49 heavy (non-hydrogen) atoms. The van der Waals surface area contributed by atoms with Crippen LogP contribution in [0.3, 0.4) is 0 Å². The van der Waals surface area contributed by atoms with E-state index in [9.17, 15) is 15.1 Å². The Hall–Kier alpha value is -6.44. The van der Waals surface area contributed by atoms with Crippen LogP contribution in [0.2, 0.25) is 0 Å². The molecule has 0 bridgehead atoms. The van der Waals surface area contributed by atoms with Crippen molar-refractivity contribution in [3.63, 3.8) is 0 Å². The van der Waals surface area contributed by atoms with Gasteiger partial charge < -0.3 is 4.42 Å². The summed E-state index contributed by atoms with van der Waals surface area (Å²) in [5.74, 6) is 0. The van der Waals surface area contributed by atoms with Gasteiger partial charge in [-0.25, -0.2) is 0 Å². The number of furan rings is 1. The second kappa shape index (κ2) is 11.1. The molecular formula is C48H30O. The van der Waals surface area contributed by atoms with Crippen molar-refractivity contribution in [3.8, 4) is 44.5 Å². The van der Waals surface area contributed by atoms with Crippen molar-refractivity contribution in [2.24, 2.45) is 0 Å². The molecule has 0 amide bonds. The summed E-state index contributed by atoms with van der Waals surface area (Å²) in [5.41, 5.74) is -7.85.